The fraction of sp³-hybridized carbons (Fsp3) is 0. The Hall–Kier alpha value is -2.93. The average Bonchev–Trinajstić information content (AvgIpc) is 3.17. The number of H-pyrrole nitrogens is 1. The van der Waals surface area contributed by atoms with Gasteiger partial charge in [-0.1, -0.05) is 0 Å². The van der Waals surface area contributed by atoms with Crippen LogP contribution >= 0.6 is 0 Å². The van der Waals surface area contributed by atoms with Gasteiger partial charge in [0.25, 0.3) is 0 Å². The minimum atomic E-state index is -0.603. The van der Waals surface area contributed by atoms with Gasteiger partial charge in [-0.25, -0.2) is 0 Å². The molecule has 0 saturated carbocycles. The first kappa shape index (κ1) is 18.4. The van der Waals surface area contributed by atoms with Gasteiger partial charge in [-0.2, -0.15) is 0 Å². The van der Waals surface area contributed by atoms with Gasteiger partial charge in [0.1, 0.15) is 0 Å². The van der Waals surface area contributed by atoms with Crippen LogP contribution in [-0.2, 0) is 0 Å². The summed E-state index contributed by atoms with van der Waals surface area (Å²) in [4.78, 5) is 0. The summed E-state index contributed by atoms with van der Waals surface area (Å²) in [5.41, 5.74) is 3.09. The molecule has 0 bridgehead atoms. The third-order valence-corrected chi connectivity index (χ3v) is 6.85. The standard InChI is InChI=1S/C23H18FIN3/c24-19-13-15-20(16-14-19)25-28(21-11-7-4-8-12-21)23-17-22(26-27-23)18-9-5-2-1-3-6-10-18/h1-17H,(H,26,27)/q-1/b2-1-,3-1?,5-2?,6-3-,9-5-,10-6?,18-9?,18-10+. The van der Waals surface area contributed by atoms with Crippen molar-refractivity contribution in [3.63, 3.8) is 0 Å². The van der Waals surface area contributed by atoms with Gasteiger partial charge in [0.15, 0.2) is 0 Å². The third kappa shape index (κ3) is 4.48. The second kappa shape index (κ2) is 8.84. The van der Waals surface area contributed by atoms with E-state index in [9.17, 15) is 4.39 Å². The molecular formula is C23H18FIN3-. The van der Waals surface area contributed by atoms with Gasteiger partial charge < -0.3 is 0 Å². The summed E-state index contributed by atoms with van der Waals surface area (Å²) in [6, 6.07) is 19.0. The number of anilines is 2. The minimum absolute atomic E-state index is 0.216. The predicted molar refractivity (Wildman–Crippen MR) is 108 cm³/mol. The number of hydrogen-bond acceptors (Lipinski definition) is 2. The molecule has 1 heterocycles. The van der Waals surface area contributed by atoms with Crippen LogP contribution in [0.15, 0.2) is 103 Å². The summed E-state index contributed by atoms with van der Waals surface area (Å²) < 4.78 is 16.6. The van der Waals surface area contributed by atoms with Crippen LogP contribution in [-0.4, -0.2) is 10.2 Å². The summed E-state index contributed by atoms with van der Waals surface area (Å²) in [6.07, 6.45) is 14.1. The topological polar surface area (TPSA) is 31.9 Å². The zero-order valence-electron chi connectivity index (χ0n) is 15.0. The zero-order valence-corrected chi connectivity index (χ0v) is 17.1. The number of hydrogen-bond donors (Lipinski definition) is 1. The van der Waals surface area contributed by atoms with Crippen molar-refractivity contribution in [1.82, 2.24) is 10.2 Å². The van der Waals surface area contributed by atoms with Gasteiger partial charge in [-0.3, -0.25) is 0 Å². The van der Waals surface area contributed by atoms with E-state index in [0.717, 1.165) is 26.3 Å². The Balaban J connectivity index is 1.67. The molecule has 1 aliphatic rings. The quantitative estimate of drug-likeness (QED) is 0.448. The van der Waals surface area contributed by atoms with Crippen molar-refractivity contribution in [2.45, 2.75) is 0 Å². The summed E-state index contributed by atoms with van der Waals surface area (Å²) in [5.74, 6) is 0.639. The molecule has 0 spiro atoms. The number of nitrogens with one attached hydrogen (secondary N) is 1. The number of nitrogens with zero attached hydrogens (tertiary/aromatic N) is 2. The van der Waals surface area contributed by atoms with Crippen molar-refractivity contribution >= 4 is 17.1 Å². The first-order valence-corrected chi connectivity index (χ1v) is 10.9. The van der Waals surface area contributed by atoms with Crippen molar-refractivity contribution < 1.29 is 25.9 Å². The Kier molecular flexibility index (Phi) is 5.82. The fourth-order valence-corrected chi connectivity index (χ4v) is 5.01. The van der Waals surface area contributed by atoms with E-state index in [-0.39, 0.29) is 5.82 Å². The van der Waals surface area contributed by atoms with Crippen LogP contribution in [0, 0.1) is 9.39 Å². The first-order valence-electron chi connectivity index (χ1n) is 8.83. The number of aromatic nitrogens is 2. The monoisotopic (exact) mass is 482 g/mol. The Morgan fingerprint density at radius 1 is 0.857 bits per heavy atom. The molecule has 0 unspecified atom stereocenters. The summed E-state index contributed by atoms with van der Waals surface area (Å²) in [5, 5.41) is 7.73. The van der Waals surface area contributed by atoms with Crippen LogP contribution in [0.5, 0.6) is 0 Å². The SMILES string of the molecule is Fc1ccc([I-]N(c2ccccc2)c2cc(C3=C/C=C\C=C/C=C\3)[nH]n2)cc1. The van der Waals surface area contributed by atoms with Gasteiger partial charge in [-0.15, -0.1) is 0 Å². The van der Waals surface area contributed by atoms with E-state index in [4.69, 9.17) is 0 Å². The van der Waals surface area contributed by atoms with Gasteiger partial charge in [-0.05, 0) is 0 Å². The summed E-state index contributed by atoms with van der Waals surface area (Å²) in [6.45, 7) is 0. The number of allylic oxidation sites excluding steroid dienone is 8. The average molecular weight is 482 g/mol. The van der Waals surface area contributed by atoms with E-state index < -0.39 is 21.5 Å². The zero-order chi connectivity index (χ0) is 19.2. The van der Waals surface area contributed by atoms with Crippen LogP contribution in [0.2, 0.25) is 0 Å². The second-order valence-corrected chi connectivity index (χ2v) is 8.72. The number of para-hydroxylation sites is 1. The fourth-order valence-electron chi connectivity index (χ4n) is 2.67. The first-order chi connectivity index (χ1) is 13.8. The maximum atomic E-state index is 13.3. The van der Waals surface area contributed by atoms with Gasteiger partial charge in [0.2, 0.25) is 0 Å². The van der Waals surface area contributed by atoms with E-state index in [0.29, 0.717) is 0 Å². The van der Waals surface area contributed by atoms with Gasteiger partial charge >= 0.3 is 175 Å². The Bertz CT molecular complexity index is 1050. The van der Waals surface area contributed by atoms with Crippen LogP contribution in [0.25, 0.3) is 5.57 Å². The van der Waals surface area contributed by atoms with E-state index >= 15 is 0 Å². The van der Waals surface area contributed by atoms with Crippen molar-refractivity contribution in [2.24, 2.45) is 0 Å². The Morgan fingerprint density at radius 3 is 2.43 bits per heavy atom. The number of benzene rings is 2. The molecule has 2 aromatic carbocycles. The number of aromatic amines is 1. The molecular weight excluding hydrogens is 464 g/mol. The van der Waals surface area contributed by atoms with Gasteiger partial charge in [0.05, 0.1) is 0 Å². The summed E-state index contributed by atoms with van der Waals surface area (Å²) >= 11 is -0.603. The molecule has 1 aromatic heterocycles. The van der Waals surface area contributed by atoms with Crippen LogP contribution in [0.3, 0.4) is 0 Å². The molecule has 0 atom stereocenters. The molecule has 0 amide bonds. The maximum absolute atomic E-state index is 13.3. The van der Waals surface area contributed by atoms with E-state index in [1.165, 1.54) is 12.1 Å². The van der Waals surface area contributed by atoms with Crippen molar-refractivity contribution in [3.05, 3.63) is 118 Å². The van der Waals surface area contributed by atoms with E-state index in [1.807, 2.05) is 60.7 Å². The Labute approximate surface area is 174 Å². The van der Waals surface area contributed by atoms with Crippen LogP contribution < -0.4 is 24.6 Å². The molecule has 4 rings (SSSR count). The molecule has 28 heavy (non-hydrogen) atoms. The van der Waals surface area contributed by atoms with Crippen molar-refractivity contribution in [3.8, 4) is 0 Å². The molecule has 0 aliphatic heterocycles. The van der Waals surface area contributed by atoms with E-state index in [2.05, 4.69) is 43.7 Å². The van der Waals surface area contributed by atoms with Crippen LogP contribution in [0.1, 0.15) is 5.69 Å². The van der Waals surface area contributed by atoms with Crippen molar-refractivity contribution in [1.29, 1.82) is 0 Å². The number of rotatable bonds is 5. The van der Waals surface area contributed by atoms with Crippen molar-refractivity contribution in [2.75, 3.05) is 3.11 Å². The molecule has 3 aromatic rings. The second-order valence-electron chi connectivity index (χ2n) is 6.03. The molecule has 0 fully saturated rings. The molecule has 0 radical (unpaired) electrons. The Morgan fingerprint density at radius 2 is 1.61 bits per heavy atom. The molecule has 1 N–H and O–H groups in total. The third-order valence-electron chi connectivity index (χ3n) is 4.04. The molecule has 3 nitrogen and oxygen atoms in total. The summed E-state index contributed by atoms with van der Waals surface area (Å²) in [7, 11) is 0. The molecule has 1 aliphatic carbocycles. The predicted octanol–water partition coefficient (Wildman–Crippen LogP) is 2.63. The number of halogens is 2. The van der Waals surface area contributed by atoms with Crippen LogP contribution in [0.4, 0.5) is 15.9 Å². The normalized spacial score (nSPS) is 18.5. The van der Waals surface area contributed by atoms with E-state index in [1.54, 1.807) is 0 Å². The van der Waals surface area contributed by atoms with Gasteiger partial charge in [0, 0.05) is 0 Å². The molecule has 140 valence electrons. The molecule has 0 saturated heterocycles. The molecule has 5 heteroatoms.